The Bertz CT molecular complexity index is 457. The van der Waals surface area contributed by atoms with Crippen LogP contribution in [0.4, 0.5) is 4.39 Å². The summed E-state index contributed by atoms with van der Waals surface area (Å²) in [6.07, 6.45) is 1.85. The summed E-state index contributed by atoms with van der Waals surface area (Å²) in [5.74, 6) is -0.202. The number of hydrogen-bond donors (Lipinski definition) is 0. The van der Waals surface area contributed by atoms with Gasteiger partial charge in [0.1, 0.15) is 5.82 Å². The first-order valence-corrected chi connectivity index (χ1v) is 4.90. The van der Waals surface area contributed by atoms with Gasteiger partial charge < -0.3 is 0 Å². The molecule has 0 N–H and O–H groups in total. The van der Waals surface area contributed by atoms with E-state index >= 15 is 0 Å². The van der Waals surface area contributed by atoms with E-state index in [0.717, 1.165) is 11.3 Å². The molecule has 0 spiro atoms. The van der Waals surface area contributed by atoms with Crippen LogP contribution in [0, 0.1) is 19.7 Å². The summed E-state index contributed by atoms with van der Waals surface area (Å²) in [6.45, 7) is 4.76. The maximum atomic E-state index is 12.7. The van der Waals surface area contributed by atoms with Gasteiger partial charge in [0.15, 0.2) is 0 Å². The summed E-state index contributed by atoms with van der Waals surface area (Å²) < 4.78 is 14.6. The molecule has 2 rings (SSSR count). The molecule has 1 heterocycles. The predicted molar refractivity (Wildman–Crippen MR) is 57.2 cm³/mol. The van der Waals surface area contributed by atoms with Crippen LogP contribution in [0.2, 0.25) is 0 Å². The highest BCUT2D eigenvalue weighted by Gasteiger charge is 2.02. The monoisotopic (exact) mass is 204 g/mol. The van der Waals surface area contributed by atoms with Crippen LogP contribution in [-0.4, -0.2) is 9.78 Å². The molecule has 0 saturated heterocycles. The third-order valence-corrected chi connectivity index (χ3v) is 2.59. The molecular formula is C12H13FN2. The zero-order chi connectivity index (χ0) is 10.8. The van der Waals surface area contributed by atoms with Gasteiger partial charge in [-0.3, -0.25) is 4.68 Å². The van der Waals surface area contributed by atoms with E-state index < -0.39 is 0 Å². The number of rotatable bonds is 2. The highest BCUT2D eigenvalue weighted by Crippen LogP contribution is 2.09. The first-order chi connectivity index (χ1) is 7.16. The smallest absolute Gasteiger partial charge is 0.123 e. The largest absolute Gasteiger partial charge is 0.265 e. The molecule has 0 bridgehead atoms. The third-order valence-electron chi connectivity index (χ3n) is 2.59. The van der Waals surface area contributed by atoms with Gasteiger partial charge in [0.2, 0.25) is 0 Å². The van der Waals surface area contributed by atoms with Crippen LogP contribution < -0.4 is 0 Å². The van der Waals surface area contributed by atoms with Gasteiger partial charge in [-0.05, 0) is 37.1 Å². The summed E-state index contributed by atoms with van der Waals surface area (Å²) in [5, 5.41) is 4.26. The minimum atomic E-state index is -0.202. The average Bonchev–Trinajstić information content (AvgIpc) is 2.53. The lowest BCUT2D eigenvalue weighted by atomic mass is 10.2. The van der Waals surface area contributed by atoms with Crippen molar-refractivity contribution in [2.45, 2.75) is 20.4 Å². The van der Waals surface area contributed by atoms with Gasteiger partial charge in [-0.1, -0.05) is 12.1 Å². The second-order valence-corrected chi connectivity index (χ2v) is 3.70. The van der Waals surface area contributed by atoms with Crippen molar-refractivity contribution in [2.24, 2.45) is 0 Å². The van der Waals surface area contributed by atoms with Crippen LogP contribution in [-0.2, 0) is 6.54 Å². The fourth-order valence-corrected chi connectivity index (χ4v) is 1.46. The quantitative estimate of drug-likeness (QED) is 0.735. The summed E-state index contributed by atoms with van der Waals surface area (Å²) >= 11 is 0. The van der Waals surface area contributed by atoms with E-state index in [1.54, 1.807) is 12.1 Å². The summed E-state index contributed by atoms with van der Waals surface area (Å²) in [4.78, 5) is 0. The van der Waals surface area contributed by atoms with E-state index in [4.69, 9.17) is 0 Å². The molecule has 0 aliphatic rings. The Morgan fingerprint density at radius 1 is 1.20 bits per heavy atom. The van der Waals surface area contributed by atoms with Crippen molar-refractivity contribution in [1.82, 2.24) is 9.78 Å². The van der Waals surface area contributed by atoms with Crippen molar-refractivity contribution in [3.05, 3.63) is 53.1 Å². The fraction of sp³-hybridized carbons (Fsp3) is 0.250. The minimum Gasteiger partial charge on any atom is -0.265 e. The Balaban J connectivity index is 2.22. The average molecular weight is 204 g/mol. The number of halogens is 1. The summed E-state index contributed by atoms with van der Waals surface area (Å²) in [6, 6.07) is 6.51. The van der Waals surface area contributed by atoms with Gasteiger partial charge in [0.05, 0.1) is 12.7 Å². The Hall–Kier alpha value is -1.64. The van der Waals surface area contributed by atoms with Crippen LogP contribution in [0.1, 0.15) is 16.8 Å². The predicted octanol–water partition coefficient (Wildman–Crippen LogP) is 2.69. The molecule has 2 aromatic rings. The van der Waals surface area contributed by atoms with E-state index in [1.165, 1.54) is 17.7 Å². The number of hydrogen-bond acceptors (Lipinski definition) is 1. The third kappa shape index (κ3) is 2.06. The van der Waals surface area contributed by atoms with E-state index in [1.807, 2.05) is 24.7 Å². The molecule has 1 aromatic carbocycles. The molecule has 15 heavy (non-hydrogen) atoms. The molecular weight excluding hydrogens is 191 g/mol. The fourth-order valence-electron chi connectivity index (χ4n) is 1.46. The molecule has 0 atom stereocenters. The lowest BCUT2D eigenvalue weighted by molar-refractivity contribution is 0.623. The molecule has 0 aliphatic carbocycles. The van der Waals surface area contributed by atoms with Crippen molar-refractivity contribution in [3.63, 3.8) is 0 Å². The molecule has 0 fully saturated rings. The summed E-state index contributed by atoms with van der Waals surface area (Å²) in [5.41, 5.74) is 3.39. The molecule has 0 aliphatic heterocycles. The maximum absolute atomic E-state index is 12.7. The first kappa shape index (κ1) is 9.90. The number of benzene rings is 1. The van der Waals surface area contributed by atoms with E-state index in [2.05, 4.69) is 5.10 Å². The lowest BCUT2D eigenvalue weighted by Gasteiger charge is -2.04. The number of nitrogens with zero attached hydrogens (tertiary/aromatic N) is 2. The Kier molecular flexibility index (Phi) is 2.54. The number of aromatic nitrogens is 2. The van der Waals surface area contributed by atoms with Gasteiger partial charge in [0.25, 0.3) is 0 Å². The van der Waals surface area contributed by atoms with Crippen LogP contribution in [0.25, 0.3) is 0 Å². The second kappa shape index (κ2) is 3.85. The van der Waals surface area contributed by atoms with Crippen molar-refractivity contribution in [2.75, 3.05) is 0 Å². The Labute approximate surface area is 88.4 Å². The topological polar surface area (TPSA) is 17.8 Å². The molecule has 0 radical (unpaired) electrons. The lowest BCUT2D eigenvalue weighted by Crippen LogP contribution is -2.03. The van der Waals surface area contributed by atoms with Gasteiger partial charge >= 0.3 is 0 Å². The summed E-state index contributed by atoms with van der Waals surface area (Å²) in [7, 11) is 0. The number of aryl methyl sites for hydroxylation is 1. The van der Waals surface area contributed by atoms with Crippen LogP contribution in [0.15, 0.2) is 30.5 Å². The van der Waals surface area contributed by atoms with Crippen LogP contribution in [0.5, 0.6) is 0 Å². The SMILES string of the molecule is Cc1cnn(Cc2ccc(F)cc2)c1C. The zero-order valence-electron chi connectivity index (χ0n) is 8.87. The van der Waals surface area contributed by atoms with Crippen molar-refractivity contribution >= 4 is 0 Å². The zero-order valence-corrected chi connectivity index (χ0v) is 8.87. The van der Waals surface area contributed by atoms with Gasteiger partial charge in [-0.25, -0.2) is 4.39 Å². The van der Waals surface area contributed by atoms with Crippen molar-refractivity contribution in [3.8, 4) is 0 Å². The van der Waals surface area contributed by atoms with Crippen LogP contribution in [0.3, 0.4) is 0 Å². The second-order valence-electron chi connectivity index (χ2n) is 3.70. The highest BCUT2D eigenvalue weighted by molar-refractivity contribution is 5.19. The Morgan fingerprint density at radius 2 is 1.87 bits per heavy atom. The Morgan fingerprint density at radius 3 is 2.40 bits per heavy atom. The van der Waals surface area contributed by atoms with Gasteiger partial charge in [-0.2, -0.15) is 5.10 Å². The standard InChI is InChI=1S/C12H13FN2/c1-9-7-14-15(10(9)2)8-11-3-5-12(13)6-4-11/h3-7H,8H2,1-2H3. The maximum Gasteiger partial charge on any atom is 0.123 e. The molecule has 0 unspecified atom stereocenters. The van der Waals surface area contributed by atoms with E-state index in [0.29, 0.717) is 6.54 Å². The van der Waals surface area contributed by atoms with Gasteiger partial charge in [0, 0.05) is 5.69 Å². The highest BCUT2D eigenvalue weighted by atomic mass is 19.1. The molecule has 0 saturated carbocycles. The normalized spacial score (nSPS) is 10.6. The first-order valence-electron chi connectivity index (χ1n) is 4.90. The van der Waals surface area contributed by atoms with Crippen molar-refractivity contribution in [1.29, 1.82) is 0 Å². The molecule has 1 aromatic heterocycles. The molecule has 3 heteroatoms. The van der Waals surface area contributed by atoms with Crippen molar-refractivity contribution < 1.29 is 4.39 Å². The molecule has 78 valence electrons. The van der Waals surface area contributed by atoms with E-state index in [-0.39, 0.29) is 5.82 Å². The molecule has 0 amide bonds. The molecule has 2 nitrogen and oxygen atoms in total. The van der Waals surface area contributed by atoms with Gasteiger partial charge in [-0.15, -0.1) is 0 Å². The van der Waals surface area contributed by atoms with E-state index in [9.17, 15) is 4.39 Å². The van der Waals surface area contributed by atoms with Crippen LogP contribution >= 0.6 is 0 Å². The minimum absolute atomic E-state index is 0.202.